The summed E-state index contributed by atoms with van der Waals surface area (Å²) < 4.78 is 5.49. The summed E-state index contributed by atoms with van der Waals surface area (Å²) in [6, 6.07) is 8.26. The van der Waals surface area contributed by atoms with Gasteiger partial charge >= 0.3 is 0 Å². The van der Waals surface area contributed by atoms with Crippen LogP contribution >= 0.6 is 24.2 Å². The molecule has 0 atom stereocenters. The Morgan fingerprint density at radius 1 is 1.07 bits per heavy atom. The molecule has 0 aromatic heterocycles. The summed E-state index contributed by atoms with van der Waals surface area (Å²) >= 11 is 1.75. The van der Waals surface area contributed by atoms with Crippen molar-refractivity contribution >= 4 is 35.8 Å². The average Bonchev–Trinajstić information content (AvgIpc) is 2.92. The van der Waals surface area contributed by atoms with Crippen molar-refractivity contribution in [2.75, 3.05) is 57.0 Å². The molecule has 6 nitrogen and oxygen atoms in total. The maximum absolute atomic E-state index is 12.0. The molecule has 8 heteroatoms. The Kier molecular flexibility index (Phi) is 9.90. The second kappa shape index (κ2) is 11.1. The van der Waals surface area contributed by atoms with Crippen LogP contribution in [0.15, 0.2) is 24.3 Å². The molecule has 1 amide bonds. The van der Waals surface area contributed by atoms with Crippen molar-refractivity contribution in [3.63, 3.8) is 0 Å². The molecule has 0 bridgehead atoms. The van der Waals surface area contributed by atoms with Crippen LogP contribution in [0.2, 0.25) is 0 Å². The quantitative estimate of drug-likeness (QED) is 0.620. The fourth-order valence-corrected chi connectivity index (χ4v) is 4.78. The zero-order chi connectivity index (χ0) is 18.6. The van der Waals surface area contributed by atoms with Crippen LogP contribution in [0.5, 0.6) is 5.75 Å². The summed E-state index contributed by atoms with van der Waals surface area (Å²) in [5, 5.41) is 0. The summed E-state index contributed by atoms with van der Waals surface area (Å²) in [5.41, 5.74) is 1.20. The molecule has 28 heavy (non-hydrogen) atoms. The lowest BCUT2D eigenvalue weighted by atomic mass is 10.2. The van der Waals surface area contributed by atoms with E-state index in [9.17, 15) is 4.79 Å². The van der Waals surface area contributed by atoms with Crippen LogP contribution < -0.4 is 9.64 Å². The van der Waals surface area contributed by atoms with Gasteiger partial charge in [-0.25, -0.2) is 0 Å². The molecule has 2 N–H and O–H groups in total. The van der Waals surface area contributed by atoms with Crippen LogP contribution in [0.1, 0.15) is 26.7 Å². The fraction of sp³-hybridized carbons (Fsp3) is 0.650. The minimum Gasteiger partial charge on any atom is -0.495 e. The number of anilines is 1. The summed E-state index contributed by atoms with van der Waals surface area (Å²) in [6.07, 6.45) is 2.24. The molecular formula is C20H34ClN3O3S. The van der Waals surface area contributed by atoms with Gasteiger partial charge in [0.25, 0.3) is 0 Å². The van der Waals surface area contributed by atoms with Crippen molar-refractivity contribution in [2.24, 2.45) is 0 Å². The highest BCUT2D eigenvalue weighted by atomic mass is 35.5. The summed E-state index contributed by atoms with van der Waals surface area (Å²) in [6.45, 7) is 10.6. The maximum Gasteiger partial charge on any atom is 0.233 e. The number of hydrogen-bond donors (Lipinski definition) is 0. The maximum atomic E-state index is 12.0. The molecule has 1 aromatic carbocycles. The second-order valence-electron chi connectivity index (χ2n) is 7.49. The van der Waals surface area contributed by atoms with Gasteiger partial charge in [-0.2, -0.15) is 0 Å². The lowest BCUT2D eigenvalue weighted by molar-refractivity contribution is -0.129. The molecule has 2 aliphatic heterocycles. The molecule has 1 aromatic rings. The average molecular weight is 432 g/mol. The Morgan fingerprint density at radius 3 is 2.32 bits per heavy atom. The van der Waals surface area contributed by atoms with Gasteiger partial charge in [0.15, 0.2) is 0 Å². The lowest BCUT2D eigenvalue weighted by Gasteiger charge is -2.37. The zero-order valence-corrected chi connectivity index (χ0v) is 18.8. The normalized spacial score (nSPS) is 19.2. The molecule has 160 valence electrons. The Labute approximate surface area is 179 Å². The van der Waals surface area contributed by atoms with Crippen molar-refractivity contribution in [1.82, 2.24) is 9.80 Å². The third-order valence-corrected chi connectivity index (χ3v) is 6.72. The number of unbranched alkanes of at least 4 members (excludes halogenated alkanes) is 1. The van der Waals surface area contributed by atoms with Gasteiger partial charge in [0, 0.05) is 32.7 Å². The first-order valence-corrected chi connectivity index (χ1v) is 10.5. The molecule has 0 unspecified atom stereocenters. The van der Waals surface area contributed by atoms with Gasteiger partial charge in [0.2, 0.25) is 5.91 Å². The summed E-state index contributed by atoms with van der Waals surface area (Å²) in [7, 11) is 1.74. The van der Waals surface area contributed by atoms with Gasteiger partial charge in [-0.3, -0.25) is 9.69 Å². The van der Waals surface area contributed by atoms with Gasteiger partial charge in [0.05, 0.1) is 23.4 Å². The predicted octanol–water partition coefficient (Wildman–Crippen LogP) is 2.51. The number of thioether (sulfide) groups is 1. The van der Waals surface area contributed by atoms with E-state index in [4.69, 9.17) is 4.74 Å². The molecule has 3 rings (SSSR count). The van der Waals surface area contributed by atoms with E-state index in [1.54, 1.807) is 18.9 Å². The molecule has 2 fully saturated rings. The van der Waals surface area contributed by atoms with E-state index in [2.05, 4.69) is 40.7 Å². The van der Waals surface area contributed by atoms with Crippen LogP contribution in [0.25, 0.3) is 0 Å². The second-order valence-corrected chi connectivity index (χ2v) is 9.06. The molecule has 0 radical (unpaired) electrons. The Balaban J connectivity index is 0.00000196. The van der Waals surface area contributed by atoms with E-state index in [1.165, 1.54) is 5.69 Å². The van der Waals surface area contributed by atoms with Crippen molar-refractivity contribution in [2.45, 2.75) is 31.6 Å². The number of ether oxygens (including phenoxy) is 1. The number of piperazine rings is 1. The lowest BCUT2D eigenvalue weighted by Crippen LogP contribution is -2.47. The highest BCUT2D eigenvalue weighted by molar-refractivity contribution is 8.01. The first kappa shape index (κ1) is 24.9. The molecular weight excluding hydrogens is 398 g/mol. The number of carbonyl (C=O) groups is 1. The van der Waals surface area contributed by atoms with Crippen molar-refractivity contribution < 1.29 is 15.0 Å². The molecule has 0 saturated carbocycles. The highest BCUT2D eigenvalue weighted by Crippen LogP contribution is 2.35. The number of benzene rings is 1. The molecule has 2 aliphatic rings. The van der Waals surface area contributed by atoms with E-state index >= 15 is 0 Å². The van der Waals surface area contributed by atoms with Gasteiger partial charge in [0.1, 0.15) is 5.75 Å². The Bertz CT molecular complexity index is 624. The van der Waals surface area contributed by atoms with Gasteiger partial charge in [-0.1, -0.05) is 12.1 Å². The van der Waals surface area contributed by atoms with E-state index in [0.29, 0.717) is 11.7 Å². The smallest absolute Gasteiger partial charge is 0.233 e. The number of para-hydroxylation sites is 2. The standard InChI is InChI=1S/C20H31N3O2S.ClH.H2O/c1-20(2)23(19(24)16-26-20)11-7-6-10-21-12-14-22(15-13-21)17-8-4-5-9-18(17)25-3;;/h4-5,8-9H,6-7,10-16H2,1-3H3;1H;1H2. The number of hydrogen-bond acceptors (Lipinski definition) is 5. The van der Waals surface area contributed by atoms with Crippen LogP contribution in [-0.4, -0.2) is 78.2 Å². The number of carbonyl (C=O) groups excluding carboxylic acids is 1. The number of halogens is 1. The molecule has 2 heterocycles. The van der Waals surface area contributed by atoms with Crippen molar-refractivity contribution in [1.29, 1.82) is 0 Å². The van der Waals surface area contributed by atoms with Crippen LogP contribution in [0, 0.1) is 0 Å². The van der Waals surface area contributed by atoms with Gasteiger partial charge in [-0.05, 0) is 45.4 Å². The van der Waals surface area contributed by atoms with Gasteiger partial charge < -0.3 is 20.0 Å². The SMILES string of the molecule is COc1ccccc1N1CCN(CCCCN2C(=O)CSC2(C)C)CC1.Cl.O. The molecule has 2 saturated heterocycles. The number of nitrogens with zero attached hydrogens (tertiary/aromatic N) is 3. The van der Waals surface area contributed by atoms with Crippen molar-refractivity contribution in [3.05, 3.63) is 24.3 Å². The largest absolute Gasteiger partial charge is 0.495 e. The third-order valence-electron chi connectivity index (χ3n) is 5.40. The molecule has 0 spiro atoms. The zero-order valence-electron chi connectivity index (χ0n) is 17.1. The minimum atomic E-state index is -0.0303. The monoisotopic (exact) mass is 431 g/mol. The van der Waals surface area contributed by atoms with Crippen molar-refractivity contribution in [3.8, 4) is 5.75 Å². The van der Waals surface area contributed by atoms with E-state index < -0.39 is 0 Å². The summed E-state index contributed by atoms with van der Waals surface area (Å²) in [4.78, 5) is 19.0. The number of methoxy groups -OCH3 is 1. The highest BCUT2D eigenvalue weighted by Gasteiger charge is 2.37. The van der Waals surface area contributed by atoms with Crippen LogP contribution in [-0.2, 0) is 4.79 Å². The van der Waals surface area contributed by atoms with E-state index in [0.717, 1.165) is 57.9 Å². The topological polar surface area (TPSA) is 67.5 Å². The Morgan fingerprint density at radius 2 is 1.71 bits per heavy atom. The summed E-state index contributed by atoms with van der Waals surface area (Å²) in [5.74, 6) is 1.89. The van der Waals surface area contributed by atoms with Crippen LogP contribution in [0.4, 0.5) is 5.69 Å². The number of rotatable bonds is 7. The predicted molar refractivity (Wildman–Crippen MR) is 120 cm³/mol. The minimum absolute atomic E-state index is 0. The number of amides is 1. The first-order valence-electron chi connectivity index (χ1n) is 9.56. The first-order chi connectivity index (χ1) is 12.5. The third kappa shape index (κ3) is 5.92. The molecule has 0 aliphatic carbocycles. The van der Waals surface area contributed by atoms with Gasteiger partial charge in [-0.15, -0.1) is 24.2 Å². The fourth-order valence-electron chi connectivity index (χ4n) is 3.80. The Hall–Kier alpha value is -1.15. The van der Waals surface area contributed by atoms with Crippen LogP contribution in [0.3, 0.4) is 0 Å². The van der Waals surface area contributed by atoms with E-state index in [-0.39, 0.29) is 22.8 Å². The van der Waals surface area contributed by atoms with E-state index in [1.807, 2.05) is 12.1 Å².